The fourth-order valence-electron chi connectivity index (χ4n) is 0.806. The highest BCUT2D eigenvalue weighted by Gasteiger charge is 2.09. The molecule has 0 spiro atoms. The van der Waals surface area contributed by atoms with Crippen LogP contribution in [0.5, 0.6) is 0 Å². The van der Waals surface area contributed by atoms with E-state index in [1.807, 2.05) is 0 Å². The molecule has 1 aromatic rings. The fourth-order valence-corrected chi connectivity index (χ4v) is 0.806. The van der Waals surface area contributed by atoms with Crippen molar-refractivity contribution < 1.29 is 13.6 Å². The van der Waals surface area contributed by atoms with Gasteiger partial charge in [0.2, 0.25) is 0 Å². The summed E-state index contributed by atoms with van der Waals surface area (Å²) in [4.78, 5) is 14.0. The monoisotopic (exact) mass is 171 g/mol. The van der Waals surface area contributed by atoms with E-state index >= 15 is 0 Å². The van der Waals surface area contributed by atoms with Gasteiger partial charge in [-0.1, -0.05) is 0 Å². The van der Waals surface area contributed by atoms with Gasteiger partial charge in [0.25, 0.3) is 6.43 Å². The van der Waals surface area contributed by atoms with Crippen molar-refractivity contribution >= 4 is 6.29 Å². The molecule has 0 aliphatic heterocycles. The zero-order chi connectivity index (χ0) is 9.14. The smallest absolute Gasteiger partial charge is 0.265 e. The predicted octanol–water partition coefficient (Wildman–Crippen LogP) is 2.14. The van der Waals surface area contributed by atoms with Crippen LogP contribution >= 0.6 is 0 Å². The molecule has 0 saturated carbocycles. The largest absolute Gasteiger partial charge is 0.298 e. The summed E-state index contributed by atoms with van der Waals surface area (Å²) in [6.07, 6.45) is -0.974. The Bertz CT molecular complexity index is 299. The van der Waals surface area contributed by atoms with Crippen molar-refractivity contribution in [1.29, 1.82) is 0 Å². The third-order valence-electron chi connectivity index (χ3n) is 1.53. The number of hydrogen-bond donors (Lipinski definition) is 0. The third-order valence-corrected chi connectivity index (χ3v) is 1.53. The van der Waals surface area contributed by atoms with E-state index in [1.165, 1.54) is 0 Å². The van der Waals surface area contributed by atoms with E-state index in [2.05, 4.69) is 4.98 Å². The maximum Gasteiger partial charge on any atom is 0.265 e. The first-order valence-corrected chi connectivity index (χ1v) is 3.35. The standard InChI is InChI=1S/C8H7F2NO/c1-5-7(4-12)2-6(3-11-5)8(9)10/h2-4,8H,1H3. The van der Waals surface area contributed by atoms with Crippen molar-refractivity contribution in [2.45, 2.75) is 13.3 Å². The van der Waals surface area contributed by atoms with Crippen LogP contribution in [0.1, 0.15) is 28.0 Å². The molecule has 0 fully saturated rings. The van der Waals surface area contributed by atoms with Crippen molar-refractivity contribution in [2.24, 2.45) is 0 Å². The number of halogens is 2. The van der Waals surface area contributed by atoms with Gasteiger partial charge >= 0.3 is 0 Å². The van der Waals surface area contributed by atoms with Gasteiger partial charge in [-0.2, -0.15) is 0 Å². The average molecular weight is 171 g/mol. The number of aldehydes is 1. The Morgan fingerprint density at radius 2 is 2.25 bits per heavy atom. The summed E-state index contributed by atoms with van der Waals surface area (Å²) in [5.74, 6) is 0. The Kier molecular flexibility index (Phi) is 2.47. The summed E-state index contributed by atoms with van der Waals surface area (Å²) in [5, 5.41) is 0. The molecule has 12 heavy (non-hydrogen) atoms. The molecule has 0 amide bonds. The van der Waals surface area contributed by atoms with Gasteiger partial charge in [-0.05, 0) is 13.0 Å². The molecule has 1 aromatic heterocycles. The lowest BCUT2D eigenvalue weighted by Gasteiger charge is -2.01. The predicted molar refractivity (Wildman–Crippen MR) is 39.3 cm³/mol. The van der Waals surface area contributed by atoms with Crippen molar-refractivity contribution in [3.63, 3.8) is 0 Å². The second kappa shape index (κ2) is 3.38. The van der Waals surface area contributed by atoms with Crippen LogP contribution in [-0.2, 0) is 0 Å². The average Bonchev–Trinajstić information content (AvgIpc) is 2.05. The van der Waals surface area contributed by atoms with Crippen LogP contribution in [0.2, 0.25) is 0 Å². The van der Waals surface area contributed by atoms with Crippen molar-refractivity contribution in [1.82, 2.24) is 4.98 Å². The lowest BCUT2D eigenvalue weighted by Crippen LogP contribution is -1.94. The maximum atomic E-state index is 12.1. The molecule has 1 rings (SSSR count). The highest BCUT2D eigenvalue weighted by atomic mass is 19.3. The summed E-state index contributed by atoms with van der Waals surface area (Å²) in [5.41, 5.74) is 0.463. The Morgan fingerprint density at radius 1 is 1.58 bits per heavy atom. The van der Waals surface area contributed by atoms with Crippen LogP contribution in [0.25, 0.3) is 0 Å². The van der Waals surface area contributed by atoms with E-state index in [0.29, 0.717) is 12.0 Å². The minimum absolute atomic E-state index is 0.216. The van der Waals surface area contributed by atoms with Crippen molar-refractivity contribution in [3.8, 4) is 0 Å². The molecular weight excluding hydrogens is 164 g/mol. The number of alkyl halides is 2. The first-order valence-electron chi connectivity index (χ1n) is 3.35. The summed E-state index contributed by atoms with van der Waals surface area (Å²) >= 11 is 0. The van der Waals surface area contributed by atoms with E-state index < -0.39 is 6.43 Å². The van der Waals surface area contributed by atoms with Gasteiger partial charge < -0.3 is 0 Å². The molecule has 2 nitrogen and oxygen atoms in total. The second-order valence-corrected chi connectivity index (χ2v) is 2.36. The fraction of sp³-hybridized carbons (Fsp3) is 0.250. The van der Waals surface area contributed by atoms with Gasteiger partial charge in [-0.15, -0.1) is 0 Å². The summed E-state index contributed by atoms with van der Waals surface area (Å²) in [6.45, 7) is 1.60. The molecule has 0 aromatic carbocycles. The maximum absolute atomic E-state index is 12.1. The summed E-state index contributed by atoms with van der Waals surface area (Å²) in [6, 6.07) is 1.15. The van der Waals surface area contributed by atoms with Gasteiger partial charge in [0, 0.05) is 23.0 Å². The number of carbonyl (C=O) groups excluding carboxylic acids is 1. The van der Waals surface area contributed by atoms with Crippen molar-refractivity contribution in [3.05, 3.63) is 29.1 Å². The minimum atomic E-state index is -2.57. The molecule has 1 heterocycles. The van der Waals surface area contributed by atoms with Crippen LogP contribution in [0.15, 0.2) is 12.3 Å². The van der Waals surface area contributed by atoms with Gasteiger partial charge in [0.1, 0.15) is 0 Å². The minimum Gasteiger partial charge on any atom is -0.298 e. The third kappa shape index (κ3) is 1.64. The van der Waals surface area contributed by atoms with Crippen LogP contribution in [0.4, 0.5) is 8.78 Å². The van der Waals surface area contributed by atoms with E-state index in [0.717, 1.165) is 12.3 Å². The number of carbonyl (C=O) groups is 1. The van der Waals surface area contributed by atoms with Gasteiger partial charge in [0.05, 0.1) is 0 Å². The highest BCUT2D eigenvalue weighted by Crippen LogP contribution is 2.18. The van der Waals surface area contributed by atoms with Crippen LogP contribution in [-0.4, -0.2) is 11.3 Å². The first kappa shape index (κ1) is 8.77. The van der Waals surface area contributed by atoms with E-state index in [4.69, 9.17) is 0 Å². The number of nitrogens with zero attached hydrogens (tertiary/aromatic N) is 1. The summed E-state index contributed by atoms with van der Waals surface area (Å²) in [7, 11) is 0. The molecule has 0 aliphatic rings. The van der Waals surface area contributed by atoms with Gasteiger partial charge in [0.15, 0.2) is 6.29 Å². The summed E-state index contributed by atoms with van der Waals surface area (Å²) < 4.78 is 24.1. The lowest BCUT2D eigenvalue weighted by atomic mass is 10.1. The Balaban J connectivity index is 3.13. The quantitative estimate of drug-likeness (QED) is 0.638. The van der Waals surface area contributed by atoms with Crippen molar-refractivity contribution in [2.75, 3.05) is 0 Å². The molecular formula is C8H7F2NO. The molecule has 0 saturated heterocycles. The Labute approximate surface area is 68.2 Å². The molecule has 0 atom stereocenters. The van der Waals surface area contributed by atoms with Crippen LogP contribution < -0.4 is 0 Å². The number of aromatic nitrogens is 1. The van der Waals surface area contributed by atoms with Gasteiger partial charge in [-0.25, -0.2) is 8.78 Å². The normalized spacial score (nSPS) is 10.3. The van der Waals surface area contributed by atoms with E-state index in [1.54, 1.807) is 6.92 Å². The number of pyridine rings is 1. The molecule has 64 valence electrons. The lowest BCUT2D eigenvalue weighted by molar-refractivity contribution is 0.112. The van der Waals surface area contributed by atoms with Crippen LogP contribution in [0, 0.1) is 6.92 Å². The van der Waals surface area contributed by atoms with Gasteiger partial charge in [-0.3, -0.25) is 9.78 Å². The SMILES string of the molecule is Cc1ncc(C(F)F)cc1C=O. The molecule has 0 aliphatic carbocycles. The van der Waals surface area contributed by atoms with Crippen LogP contribution in [0.3, 0.4) is 0 Å². The molecule has 0 radical (unpaired) electrons. The molecule has 4 heteroatoms. The Morgan fingerprint density at radius 3 is 2.75 bits per heavy atom. The van der Waals surface area contributed by atoms with E-state index in [9.17, 15) is 13.6 Å². The first-order chi connectivity index (χ1) is 5.65. The zero-order valence-electron chi connectivity index (χ0n) is 6.42. The molecule has 0 unspecified atom stereocenters. The highest BCUT2D eigenvalue weighted by molar-refractivity contribution is 5.76. The second-order valence-electron chi connectivity index (χ2n) is 2.36. The number of aryl methyl sites for hydroxylation is 1. The molecule has 0 bridgehead atoms. The topological polar surface area (TPSA) is 30.0 Å². The number of hydrogen-bond acceptors (Lipinski definition) is 2. The van der Waals surface area contributed by atoms with E-state index in [-0.39, 0.29) is 11.1 Å². The Hall–Kier alpha value is -1.32. The number of rotatable bonds is 2. The zero-order valence-corrected chi connectivity index (χ0v) is 6.42. The molecule has 0 N–H and O–H groups in total.